The molecule has 0 amide bonds. The molecule has 1 fully saturated rings. The molecule has 5 heteroatoms. The molecule has 0 radical (unpaired) electrons. The van der Waals surface area contributed by atoms with Gasteiger partial charge in [0.25, 0.3) is 0 Å². The van der Waals surface area contributed by atoms with Gasteiger partial charge in [-0.2, -0.15) is 0 Å². The topological polar surface area (TPSA) is 60.8 Å². The van der Waals surface area contributed by atoms with Gasteiger partial charge in [-0.25, -0.2) is 0 Å². The molecule has 0 saturated carbocycles. The molecule has 0 aliphatic carbocycles. The Kier molecular flexibility index (Phi) is 4.66. The van der Waals surface area contributed by atoms with Crippen molar-refractivity contribution >= 4 is 17.6 Å². The van der Waals surface area contributed by atoms with Gasteiger partial charge in [-0.05, 0) is 37.1 Å². The monoisotopic (exact) mass is 283 g/mol. The maximum Gasteiger partial charge on any atom is 0.304 e. The molecule has 19 heavy (non-hydrogen) atoms. The number of benzene rings is 1. The highest BCUT2D eigenvalue weighted by molar-refractivity contribution is 6.32. The second kappa shape index (κ2) is 6.26. The third kappa shape index (κ3) is 3.85. The molecule has 1 saturated heterocycles. The van der Waals surface area contributed by atoms with Crippen LogP contribution < -0.4 is 0 Å². The second-order valence-electron chi connectivity index (χ2n) is 5.00. The van der Waals surface area contributed by atoms with Crippen molar-refractivity contribution in [3.63, 3.8) is 0 Å². The van der Waals surface area contributed by atoms with Gasteiger partial charge in [0.05, 0.1) is 11.4 Å². The van der Waals surface area contributed by atoms with E-state index in [9.17, 15) is 9.90 Å². The number of rotatable bonds is 4. The smallest absolute Gasteiger partial charge is 0.304 e. The number of aromatic hydroxyl groups is 1. The maximum absolute atomic E-state index is 10.9. The van der Waals surface area contributed by atoms with Crippen LogP contribution in [0.1, 0.15) is 31.2 Å². The highest BCUT2D eigenvalue weighted by atomic mass is 35.5. The van der Waals surface area contributed by atoms with Gasteiger partial charge in [-0.15, -0.1) is 0 Å². The summed E-state index contributed by atoms with van der Waals surface area (Å²) >= 11 is 5.89. The quantitative estimate of drug-likeness (QED) is 0.892. The van der Waals surface area contributed by atoms with Gasteiger partial charge >= 0.3 is 5.97 Å². The predicted molar refractivity (Wildman–Crippen MR) is 73.4 cm³/mol. The zero-order valence-electron chi connectivity index (χ0n) is 10.7. The number of piperidine rings is 1. The summed E-state index contributed by atoms with van der Waals surface area (Å²) in [5.41, 5.74) is 1.00. The molecule has 1 aliphatic rings. The molecular formula is C14H18ClNO3. The van der Waals surface area contributed by atoms with Crippen LogP contribution >= 0.6 is 11.6 Å². The molecule has 2 rings (SSSR count). The Morgan fingerprint density at radius 2 is 2.21 bits per heavy atom. The van der Waals surface area contributed by atoms with E-state index in [1.165, 1.54) is 0 Å². The molecule has 1 atom stereocenters. The maximum atomic E-state index is 10.9. The lowest BCUT2D eigenvalue weighted by atomic mass is 9.98. The van der Waals surface area contributed by atoms with Gasteiger partial charge in [-0.3, -0.25) is 9.69 Å². The van der Waals surface area contributed by atoms with Crippen molar-refractivity contribution < 1.29 is 15.0 Å². The lowest BCUT2D eigenvalue weighted by Gasteiger charge is -2.35. The van der Waals surface area contributed by atoms with Gasteiger partial charge in [-0.1, -0.05) is 24.1 Å². The zero-order chi connectivity index (χ0) is 13.8. The van der Waals surface area contributed by atoms with E-state index in [0.717, 1.165) is 31.4 Å². The summed E-state index contributed by atoms with van der Waals surface area (Å²) in [6.07, 6.45) is 3.30. The van der Waals surface area contributed by atoms with Crippen LogP contribution in [0, 0.1) is 0 Å². The van der Waals surface area contributed by atoms with Crippen LogP contribution in [0.4, 0.5) is 0 Å². The van der Waals surface area contributed by atoms with Crippen molar-refractivity contribution in [1.29, 1.82) is 0 Å². The third-order valence-electron chi connectivity index (χ3n) is 3.56. The van der Waals surface area contributed by atoms with Crippen molar-refractivity contribution in [3.05, 3.63) is 28.8 Å². The normalized spacial score (nSPS) is 20.4. The van der Waals surface area contributed by atoms with Gasteiger partial charge < -0.3 is 10.2 Å². The Bertz CT molecular complexity index is 464. The fourth-order valence-electron chi connectivity index (χ4n) is 2.58. The summed E-state index contributed by atoms with van der Waals surface area (Å²) in [6.45, 7) is 1.59. The highest BCUT2D eigenvalue weighted by Crippen LogP contribution is 2.26. The Morgan fingerprint density at radius 3 is 2.89 bits per heavy atom. The number of hydrogen-bond donors (Lipinski definition) is 2. The largest absolute Gasteiger partial charge is 0.506 e. The van der Waals surface area contributed by atoms with Gasteiger partial charge in [0.1, 0.15) is 5.75 Å². The molecule has 1 aromatic rings. The minimum absolute atomic E-state index is 0.0751. The predicted octanol–water partition coefficient (Wildman–Crippen LogP) is 2.87. The van der Waals surface area contributed by atoms with Gasteiger partial charge in [0, 0.05) is 12.6 Å². The van der Waals surface area contributed by atoms with Crippen LogP contribution in [0.5, 0.6) is 5.75 Å². The standard InChI is InChI=1S/C14H18ClNO3/c15-12-7-10(4-5-13(12)17)9-16-6-2-1-3-11(16)8-14(18)19/h4-5,7,11,17H,1-3,6,8-9H2,(H,18,19). The summed E-state index contributed by atoms with van der Waals surface area (Å²) in [4.78, 5) is 13.1. The highest BCUT2D eigenvalue weighted by Gasteiger charge is 2.24. The first-order valence-corrected chi connectivity index (χ1v) is 6.87. The van der Waals surface area contributed by atoms with Crippen LogP contribution in [0.3, 0.4) is 0 Å². The van der Waals surface area contributed by atoms with Crippen LogP contribution in [0.2, 0.25) is 5.02 Å². The van der Waals surface area contributed by atoms with Crippen LogP contribution in [-0.2, 0) is 11.3 Å². The van der Waals surface area contributed by atoms with Crippen molar-refractivity contribution in [3.8, 4) is 5.75 Å². The summed E-state index contributed by atoms with van der Waals surface area (Å²) in [6, 6.07) is 5.24. The number of halogens is 1. The third-order valence-corrected chi connectivity index (χ3v) is 3.86. The fourth-order valence-corrected chi connectivity index (χ4v) is 2.79. The molecule has 1 unspecified atom stereocenters. The SMILES string of the molecule is O=C(O)CC1CCCCN1Cc1ccc(O)c(Cl)c1. The Hall–Kier alpha value is -1.26. The lowest BCUT2D eigenvalue weighted by Crippen LogP contribution is -2.40. The minimum atomic E-state index is -0.749. The molecule has 0 bridgehead atoms. The number of carbonyl (C=O) groups is 1. The van der Waals surface area contributed by atoms with Crippen molar-refractivity contribution in [2.24, 2.45) is 0 Å². The van der Waals surface area contributed by atoms with E-state index < -0.39 is 5.97 Å². The van der Waals surface area contributed by atoms with E-state index in [1.807, 2.05) is 6.07 Å². The number of aliphatic carboxylic acids is 1. The summed E-state index contributed by atoms with van der Waals surface area (Å²) in [5, 5.41) is 18.7. The van der Waals surface area contributed by atoms with Crippen LogP contribution in [0.15, 0.2) is 18.2 Å². The minimum Gasteiger partial charge on any atom is -0.506 e. The number of likely N-dealkylation sites (tertiary alicyclic amines) is 1. The molecular weight excluding hydrogens is 266 g/mol. The Morgan fingerprint density at radius 1 is 1.42 bits per heavy atom. The number of phenolic OH excluding ortho intramolecular Hbond substituents is 1. The number of carboxylic acid groups (broad SMARTS) is 1. The molecule has 1 aromatic carbocycles. The van der Waals surface area contributed by atoms with Crippen molar-refractivity contribution in [2.45, 2.75) is 38.3 Å². The van der Waals surface area contributed by atoms with Crippen molar-refractivity contribution in [2.75, 3.05) is 6.54 Å². The zero-order valence-corrected chi connectivity index (χ0v) is 11.4. The number of phenols is 1. The first-order chi connectivity index (χ1) is 9.06. The molecule has 0 aromatic heterocycles. The molecule has 2 N–H and O–H groups in total. The van der Waals surface area contributed by atoms with E-state index in [2.05, 4.69) is 4.90 Å². The lowest BCUT2D eigenvalue weighted by molar-refractivity contribution is -0.138. The average molecular weight is 284 g/mol. The molecule has 4 nitrogen and oxygen atoms in total. The van der Waals surface area contributed by atoms with Gasteiger partial charge in [0.2, 0.25) is 0 Å². The van der Waals surface area contributed by atoms with Crippen molar-refractivity contribution in [1.82, 2.24) is 4.90 Å². The van der Waals surface area contributed by atoms with Crippen LogP contribution in [0.25, 0.3) is 0 Å². The van der Waals surface area contributed by atoms with E-state index in [1.54, 1.807) is 12.1 Å². The fraction of sp³-hybridized carbons (Fsp3) is 0.500. The molecule has 1 aliphatic heterocycles. The molecule has 1 heterocycles. The average Bonchev–Trinajstić information content (AvgIpc) is 2.36. The second-order valence-corrected chi connectivity index (χ2v) is 5.41. The Balaban J connectivity index is 2.06. The summed E-state index contributed by atoms with van der Waals surface area (Å²) < 4.78 is 0. The van der Waals surface area contributed by atoms with E-state index >= 15 is 0 Å². The number of hydrogen-bond acceptors (Lipinski definition) is 3. The van der Waals surface area contributed by atoms with Crippen LogP contribution in [-0.4, -0.2) is 33.7 Å². The van der Waals surface area contributed by atoms with Gasteiger partial charge in [0.15, 0.2) is 0 Å². The van der Waals surface area contributed by atoms with E-state index in [0.29, 0.717) is 11.6 Å². The Labute approximate surface area is 117 Å². The number of carboxylic acids is 1. The molecule has 0 spiro atoms. The molecule has 104 valence electrons. The first-order valence-electron chi connectivity index (χ1n) is 6.49. The summed E-state index contributed by atoms with van der Waals surface area (Å²) in [5.74, 6) is -0.674. The first kappa shape index (κ1) is 14.2. The number of nitrogens with zero attached hydrogens (tertiary/aromatic N) is 1. The summed E-state index contributed by atoms with van der Waals surface area (Å²) in [7, 11) is 0. The van der Waals surface area contributed by atoms with E-state index in [-0.39, 0.29) is 18.2 Å². The van der Waals surface area contributed by atoms with E-state index in [4.69, 9.17) is 16.7 Å².